The van der Waals surface area contributed by atoms with Crippen molar-refractivity contribution >= 4 is 0 Å². The molecule has 1 heterocycles. The molecule has 0 aliphatic carbocycles. The molecule has 0 aromatic carbocycles. The summed E-state index contributed by atoms with van der Waals surface area (Å²) in [6.07, 6.45) is -4.14. The van der Waals surface area contributed by atoms with E-state index < -0.39 is 6.30 Å². The molecule has 68 valence electrons. The van der Waals surface area contributed by atoms with Gasteiger partial charge < -0.3 is 6.33 Å². The van der Waals surface area contributed by atoms with Gasteiger partial charge in [-0.25, -0.2) is 4.90 Å². The number of halogens is 3. The van der Waals surface area contributed by atoms with E-state index in [4.69, 9.17) is 0 Å². The maximum Gasteiger partial charge on any atom is 1.00 e. The van der Waals surface area contributed by atoms with Gasteiger partial charge in [-0.15, -0.1) is 0 Å². The predicted octanol–water partition coefficient (Wildman–Crippen LogP) is -2.13. The van der Waals surface area contributed by atoms with Crippen molar-refractivity contribution in [2.24, 2.45) is 0 Å². The quantitative estimate of drug-likeness (QED) is 0.331. The standard InChI is InChI=1S/C6H11F3N2.K.H/c1-10-2-4-11(5-3-10)6(7,8)9;;/h2-5H2,1H3;;/q;+1;-1. The van der Waals surface area contributed by atoms with Crippen molar-refractivity contribution in [2.45, 2.75) is 6.30 Å². The molecule has 0 saturated carbocycles. The number of piperazine rings is 1. The van der Waals surface area contributed by atoms with Crippen LogP contribution in [0.4, 0.5) is 13.2 Å². The van der Waals surface area contributed by atoms with Crippen molar-refractivity contribution in [3.63, 3.8) is 0 Å². The van der Waals surface area contributed by atoms with E-state index in [1.165, 1.54) is 0 Å². The number of likely N-dealkylation sites (N-methyl/N-ethyl adjacent to an activating group) is 1. The third-order valence-electron chi connectivity index (χ3n) is 1.86. The van der Waals surface area contributed by atoms with Crippen LogP contribution in [0, 0.1) is 0 Å². The summed E-state index contributed by atoms with van der Waals surface area (Å²) in [5.74, 6) is 0. The van der Waals surface area contributed by atoms with Gasteiger partial charge in [-0.05, 0) is 7.05 Å². The van der Waals surface area contributed by atoms with Gasteiger partial charge in [0, 0.05) is 26.2 Å². The molecule has 0 radical (unpaired) electrons. The molecule has 1 rings (SSSR count). The fraction of sp³-hybridized carbons (Fsp3) is 1.00. The Kier molecular flexibility index (Phi) is 5.88. The van der Waals surface area contributed by atoms with Crippen molar-refractivity contribution < 1.29 is 66.0 Å². The summed E-state index contributed by atoms with van der Waals surface area (Å²) in [5.41, 5.74) is 0. The Morgan fingerprint density at radius 2 is 1.50 bits per heavy atom. The van der Waals surface area contributed by atoms with Crippen LogP contribution in [0.15, 0.2) is 0 Å². The summed E-state index contributed by atoms with van der Waals surface area (Å²) in [6.45, 7) is 1.19. The van der Waals surface area contributed by atoms with E-state index in [0.717, 1.165) is 0 Å². The van der Waals surface area contributed by atoms with Gasteiger partial charge in [0.05, 0.1) is 0 Å². The average molecular weight is 208 g/mol. The number of rotatable bonds is 0. The van der Waals surface area contributed by atoms with Gasteiger partial charge in [0.25, 0.3) is 0 Å². The maximum absolute atomic E-state index is 12.0. The molecule has 0 bridgehead atoms. The Bertz CT molecular complexity index is 136. The first-order chi connectivity index (χ1) is 5.00. The fourth-order valence-electron chi connectivity index (χ4n) is 1.06. The van der Waals surface area contributed by atoms with Crippen molar-refractivity contribution in [1.82, 2.24) is 9.80 Å². The Balaban J connectivity index is 0. The minimum atomic E-state index is -4.14. The zero-order valence-corrected chi connectivity index (χ0v) is 10.5. The molecule has 0 aromatic heterocycles. The Morgan fingerprint density at radius 1 is 1.08 bits per heavy atom. The van der Waals surface area contributed by atoms with Gasteiger partial charge in [-0.1, -0.05) is 0 Å². The molecule has 1 aliphatic rings. The van der Waals surface area contributed by atoms with E-state index in [1.54, 1.807) is 0 Å². The molecule has 0 N–H and O–H groups in total. The van der Waals surface area contributed by atoms with Gasteiger partial charge in [0.1, 0.15) is 0 Å². The predicted molar refractivity (Wildman–Crippen MR) is 36.2 cm³/mol. The zero-order valence-electron chi connectivity index (χ0n) is 8.36. The summed E-state index contributed by atoms with van der Waals surface area (Å²) < 4.78 is 35.9. The van der Waals surface area contributed by atoms with Crippen molar-refractivity contribution in [3.05, 3.63) is 0 Å². The number of alkyl halides is 3. The zero-order chi connectivity index (χ0) is 8.48. The van der Waals surface area contributed by atoms with Crippen LogP contribution >= 0.6 is 0 Å². The first-order valence-corrected chi connectivity index (χ1v) is 3.50. The molecule has 1 aliphatic heterocycles. The second kappa shape index (κ2) is 5.28. The second-order valence-electron chi connectivity index (χ2n) is 2.76. The summed E-state index contributed by atoms with van der Waals surface area (Å²) in [5, 5.41) is 0. The first kappa shape index (κ1) is 13.3. The third kappa shape index (κ3) is 4.04. The molecule has 1 saturated heterocycles. The molecule has 12 heavy (non-hydrogen) atoms. The minimum Gasteiger partial charge on any atom is -1.00 e. The SMILES string of the molecule is CN1CCN(C(F)(F)F)CC1.[H-].[K+]. The van der Waals surface area contributed by atoms with Crippen molar-refractivity contribution in [3.8, 4) is 0 Å². The maximum atomic E-state index is 12.0. The van der Waals surface area contributed by atoms with Crippen molar-refractivity contribution in [1.29, 1.82) is 0 Å². The fourth-order valence-corrected chi connectivity index (χ4v) is 1.06. The molecular weight excluding hydrogens is 196 g/mol. The van der Waals surface area contributed by atoms with Crippen molar-refractivity contribution in [2.75, 3.05) is 33.2 Å². The molecule has 0 unspecified atom stereocenters. The topological polar surface area (TPSA) is 6.48 Å². The molecule has 2 nitrogen and oxygen atoms in total. The van der Waals surface area contributed by atoms with Gasteiger partial charge in [-0.3, -0.25) is 0 Å². The van der Waals surface area contributed by atoms with Gasteiger partial charge in [0.15, 0.2) is 0 Å². The largest absolute Gasteiger partial charge is 1.00 e. The first-order valence-electron chi connectivity index (χ1n) is 3.50. The third-order valence-corrected chi connectivity index (χ3v) is 1.86. The van der Waals surface area contributed by atoms with Gasteiger partial charge in [-0.2, -0.15) is 13.2 Å². The summed E-state index contributed by atoms with van der Waals surface area (Å²) in [7, 11) is 1.83. The van der Waals surface area contributed by atoms with E-state index in [9.17, 15) is 13.2 Å². The van der Waals surface area contributed by atoms with Crippen LogP contribution < -0.4 is 51.4 Å². The molecule has 6 heteroatoms. The number of hydrogen-bond acceptors (Lipinski definition) is 2. The number of hydrogen-bond donors (Lipinski definition) is 0. The Hall–Kier alpha value is 1.35. The molecule has 0 aromatic rings. The van der Waals surface area contributed by atoms with Crippen LogP contribution in [-0.4, -0.2) is 49.3 Å². The van der Waals surface area contributed by atoms with E-state index in [1.807, 2.05) is 11.9 Å². The van der Waals surface area contributed by atoms with E-state index >= 15 is 0 Å². The van der Waals surface area contributed by atoms with Crippen LogP contribution in [0.1, 0.15) is 1.43 Å². The van der Waals surface area contributed by atoms with Crippen LogP contribution in [0.5, 0.6) is 0 Å². The Labute approximate surface area is 114 Å². The van der Waals surface area contributed by atoms with Crippen LogP contribution in [0.2, 0.25) is 0 Å². The molecule has 0 spiro atoms. The summed E-state index contributed by atoms with van der Waals surface area (Å²) >= 11 is 0. The molecule has 1 fully saturated rings. The monoisotopic (exact) mass is 208 g/mol. The van der Waals surface area contributed by atoms with Crippen LogP contribution in [-0.2, 0) is 0 Å². The summed E-state index contributed by atoms with van der Waals surface area (Å²) in [6, 6.07) is 0. The molecule has 0 atom stereocenters. The second-order valence-corrected chi connectivity index (χ2v) is 2.76. The average Bonchev–Trinajstić information content (AvgIpc) is 1.86. The summed E-state index contributed by atoms with van der Waals surface area (Å²) in [4.78, 5) is 2.44. The normalized spacial score (nSPS) is 22.0. The number of nitrogens with zero attached hydrogens (tertiary/aromatic N) is 2. The van der Waals surface area contributed by atoms with Crippen LogP contribution in [0.3, 0.4) is 0 Å². The smallest absolute Gasteiger partial charge is 1.00 e. The van der Waals surface area contributed by atoms with Gasteiger partial charge in [0.2, 0.25) is 0 Å². The van der Waals surface area contributed by atoms with Crippen LogP contribution in [0.25, 0.3) is 0 Å². The van der Waals surface area contributed by atoms with E-state index in [0.29, 0.717) is 18.0 Å². The van der Waals surface area contributed by atoms with E-state index in [2.05, 4.69) is 0 Å². The van der Waals surface area contributed by atoms with E-state index in [-0.39, 0.29) is 65.9 Å². The molecule has 0 amide bonds. The van der Waals surface area contributed by atoms with Gasteiger partial charge >= 0.3 is 57.7 Å². The Morgan fingerprint density at radius 3 is 1.83 bits per heavy atom. The minimum absolute atomic E-state index is 0. The molecular formula is C6H12F3KN2.